The number of hydrogen-bond donors (Lipinski definition) is 2. The quantitative estimate of drug-likeness (QED) is 0.291. The van der Waals surface area contributed by atoms with Crippen LogP contribution in [0.3, 0.4) is 0 Å². The Balaban J connectivity index is 3.23. The number of nitrogens with one attached hydrogen (secondary N) is 1. The summed E-state index contributed by atoms with van der Waals surface area (Å²) in [5, 5.41) is 22.4. The van der Waals surface area contributed by atoms with E-state index in [1.165, 1.54) is 12.1 Å². The molecule has 2 unspecified atom stereocenters. The highest BCUT2D eigenvalue weighted by Gasteiger charge is 2.41. The van der Waals surface area contributed by atoms with Crippen molar-refractivity contribution in [2.45, 2.75) is 52.2 Å². The summed E-state index contributed by atoms with van der Waals surface area (Å²) in [6.07, 6.45) is 2.15. The predicted molar refractivity (Wildman–Crippen MR) is 105 cm³/mol. The van der Waals surface area contributed by atoms with Crippen molar-refractivity contribution in [1.82, 2.24) is 0 Å². The average Bonchev–Trinajstić information content (AvgIpc) is 2.60. The van der Waals surface area contributed by atoms with Crippen molar-refractivity contribution in [2.75, 3.05) is 18.1 Å². The lowest BCUT2D eigenvalue weighted by atomic mass is 10.2. The van der Waals surface area contributed by atoms with E-state index in [0.29, 0.717) is 19.2 Å². The third kappa shape index (κ3) is 6.86. The number of nitrogens with two attached hydrogens (primary N) is 1. The van der Waals surface area contributed by atoms with Crippen molar-refractivity contribution in [3.8, 4) is 0 Å². The first-order valence-corrected chi connectivity index (χ1v) is 11.0. The van der Waals surface area contributed by atoms with Gasteiger partial charge < -0.3 is 19.6 Å². The fourth-order valence-corrected chi connectivity index (χ4v) is 5.84. The van der Waals surface area contributed by atoms with E-state index in [0.717, 1.165) is 25.3 Å². The molecule has 1 aromatic rings. The molecule has 0 aromatic heterocycles. The number of hydrogen-bond acceptors (Lipinski definition) is 8. The second-order valence-corrected chi connectivity index (χ2v) is 8.92. The molecule has 1 aromatic carbocycles. The number of nitro benzene ring substituents is 2. The Morgan fingerprint density at radius 2 is 1.96 bits per heavy atom. The van der Waals surface area contributed by atoms with E-state index in [2.05, 4.69) is 4.98 Å². The topological polar surface area (TPSA) is 143 Å². The lowest BCUT2D eigenvalue weighted by Gasteiger charge is -2.33. The fraction of sp³-hybridized carbons (Fsp3) is 0.625. The molecule has 152 valence electrons. The minimum atomic E-state index is -3.04. The van der Waals surface area contributed by atoms with Crippen molar-refractivity contribution in [3.05, 3.63) is 38.4 Å². The Hall–Kier alpha value is -2.08. The predicted octanol–water partition coefficient (Wildman–Crippen LogP) is 3.44. The van der Waals surface area contributed by atoms with Crippen LogP contribution in [0.2, 0.25) is 6.04 Å². The summed E-state index contributed by atoms with van der Waals surface area (Å²) in [5.41, 5.74) is 4.99. The van der Waals surface area contributed by atoms with Gasteiger partial charge in [0, 0.05) is 24.8 Å². The van der Waals surface area contributed by atoms with Gasteiger partial charge in [-0.3, -0.25) is 20.2 Å². The molecule has 0 spiro atoms. The number of benzene rings is 1. The zero-order valence-corrected chi connectivity index (χ0v) is 17.0. The molecule has 10 nitrogen and oxygen atoms in total. The maximum absolute atomic E-state index is 11.4. The molecule has 2 atom stereocenters. The Morgan fingerprint density at radius 1 is 1.26 bits per heavy atom. The van der Waals surface area contributed by atoms with Gasteiger partial charge in [0.05, 0.1) is 15.9 Å². The van der Waals surface area contributed by atoms with Crippen LogP contribution >= 0.6 is 0 Å². The van der Waals surface area contributed by atoms with Crippen LogP contribution in [0.25, 0.3) is 0 Å². The summed E-state index contributed by atoms with van der Waals surface area (Å²) < 4.78 is 12.2. The van der Waals surface area contributed by atoms with Crippen LogP contribution in [0.1, 0.15) is 40.0 Å². The fourth-order valence-electron chi connectivity index (χ4n) is 2.74. The lowest BCUT2D eigenvalue weighted by molar-refractivity contribution is -0.393. The molecule has 0 saturated carbocycles. The SMILES string of the molecule is CCC[Si](Nc1ccc([N+](=O)[O-])cc1[N+](=O)[O-])(OCC)OC(C)CCCN. The Kier molecular flexibility index (Phi) is 9.28. The van der Waals surface area contributed by atoms with Crippen molar-refractivity contribution >= 4 is 25.8 Å². The molecule has 11 heteroatoms. The van der Waals surface area contributed by atoms with E-state index in [4.69, 9.17) is 14.6 Å². The van der Waals surface area contributed by atoms with Gasteiger partial charge in [0.25, 0.3) is 11.4 Å². The normalized spacial score (nSPS) is 14.4. The van der Waals surface area contributed by atoms with Crippen molar-refractivity contribution in [1.29, 1.82) is 0 Å². The molecule has 3 N–H and O–H groups in total. The van der Waals surface area contributed by atoms with Crippen LogP contribution in [0.5, 0.6) is 0 Å². The minimum Gasteiger partial charge on any atom is -0.379 e. The van der Waals surface area contributed by atoms with Gasteiger partial charge in [-0.25, -0.2) is 0 Å². The number of non-ortho nitro benzene ring substituents is 1. The van der Waals surface area contributed by atoms with Crippen LogP contribution in [-0.4, -0.2) is 37.8 Å². The highest BCUT2D eigenvalue weighted by Crippen LogP contribution is 2.32. The van der Waals surface area contributed by atoms with Crippen LogP contribution in [-0.2, 0) is 8.85 Å². The monoisotopic (exact) mass is 400 g/mol. The zero-order chi connectivity index (χ0) is 20.4. The molecule has 0 bridgehead atoms. The van der Waals surface area contributed by atoms with Crippen LogP contribution in [0, 0.1) is 20.2 Å². The van der Waals surface area contributed by atoms with Gasteiger partial charge in [-0.1, -0.05) is 13.3 Å². The summed E-state index contributed by atoms with van der Waals surface area (Å²) in [6, 6.07) is 4.07. The van der Waals surface area contributed by atoms with E-state index in [9.17, 15) is 20.2 Å². The summed E-state index contributed by atoms with van der Waals surface area (Å²) >= 11 is 0. The van der Waals surface area contributed by atoms with Crippen molar-refractivity contribution < 1.29 is 18.7 Å². The summed E-state index contributed by atoms with van der Waals surface area (Å²) in [6.45, 7) is 6.64. The molecule has 27 heavy (non-hydrogen) atoms. The third-order valence-electron chi connectivity index (χ3n) is 3.88. The van der Waals surface area contributed by atoms with E-state index in [1.54, 1.807) is 0 Å². The highest BCUT2D eigenvalue weighted by atomic mass is 28.4. The Labute approximate surface area is 159 Å². The van der Waals surface area contributed by atoms with E-state index < -0.39 is 18.6 Å². The molecule has 0 saturated heterocycles. The number of nitro groups is 2. The van der Waals surface area contributed by atoms with Crippen LogP contribution < -0.4 is 10.7 Å². The standard InChI is InChI=1S/C16H28N4O6Si/c1-4-11-27(25-5-2,26-13(3)7-6-10-17)18-15-9-8-14(19(21)22)12-16(15)20(23)24/h8-9,12-13,18H,4-7,10-11,17H2,1-3H3. The van der Waals surface area contributed by atoms with Crippen LogP contribution in [0.4, 0.5) is 17.1 Å². The van der Waals surface area contributed by atoms with Gasteiger partial charge >= 0.3 is 8.72 Å². The zero-order valence-electron chi connectivity index (χ0n) is 16.0. The Bertz CT molecular complexity index is 639. The maximum atomic E-state index is 11.4. The van der Waals surface area contributed by atoms with E-state index in [-0.39, 0.29) is 23.2 Å². The van der Waals surface area contributed by atoms with Crippen LogP contribution in [0.15, 0.2) is 18.2 Å². The summed E-state index contributed by atoms with van der Waals surface area (Å²) in [5.74, 6) is 0. The smallest absolute Gasteiger partial charge is 0.379 e. The molecule has 0 radical (unpaired) electrons. The molecular formula is C16H28N4O6Si. The van der Waals surface area contributed by atoms with Gasteiger partial charge in [0.2, 0.25) is 0 Å². The van der Waals surface area contributed by atoms with Crippen molar-refractivity contribution in [3.63, 3.8) is 0 Å². The molecular weight excluding hydrogens is 372 g/mol. The molecule has 0 fully saturated rings. The summed E-state index contributed by atoms with van der Waals surface area (Å²) in [7, 11) is -3.04. The largest absolute Gasteiger partial charge is 0.457 e. The Morgan fingerprint density at radius 3 is 2.48 bits per heavy atom. The highest BCUT2D eigenvalue weighted by molar-refractivity contribution is 6.71. The van der Waals surface area contributed by atoms with Gasteiger partial charge in [0.15, 0.2) is 0 Å². The van der Waals surface area contributed by atoms with Gasteiger partial charge in [-0.15, -0.1) is 0 Å². The minimum absolute atomic E-state index is 0.136. The second-order valence-electron chi connectivity index (χ2n) is 6.14. The summed E-state index contributed by atoms with van der Waals surface area (Å²) in [4.78, 5) is 24.2. The first kappa shape index (κ1) is 23.0. The van der Waals surface area contributed by atoms with Gasteiger partial charge in [-0.2, -0.15) is 0 Å². The molecule has 0 amide bonds. The second kappa shape index (κ2) is 10.9. The molecule has 0 aliphatic carbocycles. The van der Waals surface area contributed by atoms with Crippen molar-refractivity contribution in [2.24, 2.45) is 5.73 Å². The van der Waals surface area contributed by atoms with Gasteiger partial charge in [-0.05, 0) is 39.3 Å². The molecule has 0 heterocycles. The number of anilines is 1. The number of nitrogens with zero attached hydrogens (tertiary/aromatic N) is 2. The van der Waals surface area contributed by atoms with Gasteiger partial charge in [0.1, 0.15) is 5.69 Å². The number of rotatable bonds is 13. The lowest BCUT2D eigenvalue weighted by Crippen LogP contribution is -2.52. The maximum Gasteiger partial charge on any atom is 0.457 e. The first-order chi connectivity index (χ1) is 12.8. The molecule has 0 aliphatic rings. The first-order valence-electron chi connectivity index (χ1n) is 9.01. The molecule has 1 rings (SSSR count). The van der Waals surface area contributed by atoms with E-state index >= 15 is 0 Å². The molecule has 0 aliphatic heterocycles. The average molecular weight is 401 g/mol. The third-order valence-corrected chi connectivity index (χ3v) is 7.22. The van der Waals surface area contributed by atoms with E-state index in [1.807, 2.05) is 20.8 Å².